The number of benzene rings is 2. The van der Waals surface area contributed by atoms with Crippen LogP contribution in [0.5, 0.6) is 0 Å². The van der Waals surface area contributed by atoms with Crippen LogP contribution in [-0.4, -0.2) is 43.4 Å². The Balaban J connectivity index is 1.83. The molecule has 2 aromatic carbocycles. The van der Waals surface area contributed by atoms with Crippen LogP contribution in [0.1, 0.15) is 18.1 Å². The second-order valence-electron chi connectivity index (χ2n) is 6.24. The standard InChI is InChI=1S/C21H27FN4O/c1-3-23-21(26(2)16-18-9-11-19(22)12-10-18)25-15-20(27)24-14-13-17-7-5-4-6-8-17/h4-12H,3,13-16H2,1-2H3,(H,23,25)(H,24,27). The van der Waals surface area contributed by atoms with E-state index in [-0.39, 0.29) is 18.3 Å². The first-order valence-electron chi connectivity index (χ1n) is 9.13. The van der Waals surface area contributed by atoms with E-state index in [1.54, 1.807) is 12.1 Å². The molecule has 0 aliphatic heterocycles. The molecule has 1 amide bonds. The first-order valence-corrected chi connectivity index (χ1v) is 9.13. The number of carbonyl (C=O) groups excluding carboxylic acids is 1. The minimum atomic E-state index is -0.255. The van der Waals surface area contributed by atoms with Crippen molar-refractivity contribution >= 4 is 11.9 Å². The second kappa shape index (κ2) is 11.0. The van der Waals surface area contributed by atoms with Crippen molar-refractivity contribution in [2.45, 2.75) is 19.9 Å². The van der Waals surface area contributed by atoms with Gasteiger partial charge in [-0.2, -0.15) is 0 Å². The number of hydrogen-bond donors (Lipinski definition) is 2. The Labute approximate surface area is 160 Å². The number of guanidine groups is 1. The van der Waals surface area contributed by atoms with Gasteiger partial charge in [0.15, 0.2) is 5.96 Å². The van der Waals surface area contributed by atoms with E-state index in [1.807, 2.05) is 49.2 Å². The summed E-state index contributed by atoms with van der Waals surface area (Å²) in [7, 11) is 1.89. The largest absolute Gasteiger partial charge is 0.357 e. The monoisotopic (exact) mass is 370 g/mol. The highest BCUT2D eigenvalue weighted by Crippen LogP contribution is 2.05. The van der Waals surface area contributed by atoms with E-state index in [0.717, 1.165) is 12.0 Å². The highest BCUT2D eigenvalue weighted by atomic mass is 19.1. The summed E-state index contributed by atoms with van der Waals surface area (Å²) < 4.78 is 13.0. The van der Waals surface area contributed by atoms with Crippen LogP contribution in [0.25, 0.3) is 0 Å². The third-order valence-corrected chi connectivity index (χ3v) is 3.98. The summed E-state index contributed by atoms with van der Waals surface area (Å²) in [5.74, 6) is 0.269. The van der Waals surface area contributed by atoms with Crippen LogP contribution < -0.4 is 10.6 Å². The van der Waals surface area contributed by atoms with Gasteiger partial charge in [0.25, 0.3) is 0 Å². The molecule has 2 aromatic rings. The Morgan fingerprint density at radius 1 is 1.04 bits per heavy atom. The zero-order valence-corrected chi connectivity index (χ0v) is 15.9. The Bertz CT molecular complexity index is 732. The first-order chi connectivity index (χ1) is 13.1. The van der Waals surface area contributed by atoms with Gasteiger partial charge in [-0.05, 0) is 36.6 Å². The lowest BCUT2D eigenvalue weighted by atomic mass is 10.1. The molecule has 2 N–H and O–H groups in total. The van der Waals surface area contributed by atoms with E-state index in [4.69, 9.17) is 0 Å². The smallest absolute Gasteiger partial charge is 0.241 e. The molecular formula is C21H27FN4O. The predicted octanol–water partition coefficient (Wildman–Crippen LogP) is 2.58. The van der Waals surface area contributed by atoms with Gasteiger partial charge in [0.2, 0.25) is 5.91 Å². The average molecular weight is 370 g/mol. The minimum absolute atomic E-state index is 0.0604. The van der Waals surface area contributed by atoms with Crippen LogP contribution in [-0.2, 0) is 17.8 Å². The van der Waals surface area contributed by atoms with Crippen molar-refractivity contribution in [3.63, 3.8) is 0 Å². The molecule has 0 saturated heterocycles. The van der Waals surface area contributed by atoms with Crippen molar-refractivity contribution in [1.29, 1.82) is 0 Å². The van der Waals surface area contributed by atoms with Crippen LogP contribution in [0.4, 0.5) is 4.39 Å². The number of hydrogen-bond acceptors (Lipinski definition) is 2. The highest BCUT2D eigenvalue weighted by molar-refractivity contribution is 5.84. The minimum Gasteiger partial charge on any atom is -0.357 e. The molecule has 0 unspecified atom stereocenters. The predicted molar refractivity (Wildman–Crippen MR) is 107 cm³/mol. The van der Waals surface area contributed by atoms with Gasteiger partial charge >= 0.3 is 0 Å². The van der Waals surface area contributed by atoms with E-state index in [9.17, 15) is 9.18 Å². The third-order valence-electron chi connectivity index (χ3n) is 3.98. The fourth-order valence-corrected chi connectivity index (χ4v) is 2.60. The molecule has 0 heterocycles. The van der Waals surface area contributed by atoms with Crippen molar-refractivity contribution in [1.82, 2.24) is 15.5 Å². The summed E-state index contributed by atoms with van der Waals surface area (Å²) in [6.45, 7) is 3.89. The van der Waals surface area contributed by atoms with E-state index >= 15 is 0 Å². The first kappa shape index (κ1) is 20.4. The maximum Gasteiger partial charge on any atom is 0.241 e. The van der Waals surface area contributed by atoms with Gasteiger partial charge in [0.05, 0.1) is 0 Å². The number of rotatable bonds is 8. The molecule has 6 heteroatoms. The summed E-state index contributed by atoms with van der Waals surface area (Å²) in [4.78, 5) is 18.4. The van der Waals surface area contributed by atoms with Crippen LogP contribution >= 0.6 is 0 Å². The number of carbonyl (C=O) groups is 1. The number of aliphatic imine (C=N–C) groups is 1. The topological polar surface area (TPSA) is 56.7 Å². The van der Waals surface area contributed by atoms with Crippen molar-refractivity contribution in [3.8, 4) is 0 Å². The number of amides is 1. The van der Waals surface area contributed by atoms with Gasteiger partial charge in [-0.15, -0.1) is 0 Å². The number of nitrogens with zero attached hydrogens (tertiary/aromatic N) is 2. The maximum atomic E-state index is 13.0. The molecule has 0 aliphatic carbocycles. The molecule has 27 heavy (non-hydrogen) atoms. The molecule has 0 bridgehead atoms. The molecule has 2 rings (SSSR count). The molecule has 0 atom stereocenters. The average Bonchev–Trinajstić information content (AvgIpc) is 2.67. The van der Waals surface area contributed by atoms with Gasteiger partial charge in [-0.25, -0.2) is 9.38 Å². The van der Waals surface area contributed by atoms with Crippen LogP contribution in [0.3, 0.4) is 0 Å². The third kappa shape index (κ3) is 7.48. The molecule has 0 spiro atoms. The summed E-state index contributed by atoms with van der Waals surface area (Å²) in [5.41, 5.74) is 2.16. The van der Waals surface area contributed by atoms with Gasteiger partial charge in [0.1, 0.15) is 12.4 Å². The van der Waals surface area contributed by atoms with Crippen LogP contribution in [0.2, 0.25) is 0 Å². The fraction of sp³-hybridized carbons (Fsp3) is 0.333. The van der Waals surface area contributed by atoms with Gasteiger partial charge in [-0.1, -0.05) is 42.5 Å². The zero-order valence-electron chi connectivity index (χ0n) is 15.9. The molecule has 144 valence electrons. The highest BCUT2D eigenvalue weighted by Gasteiger charge is 2.08. The van der Waals surface area contributed by atoms with E-state index < -0.39 is 0 Å². The summed E-state index contributed by atoms with van der Waals surface area (Å²) >= 11 is 0. The molecular weight excluding hydrogens is 343 g/mol. The lowest BCUT2D eigenvalue weighted by Gasteiger charge is -2.22. The Morgan fingerprint density at radius 3 is 2.41 bits per heavy atom. The number of nitrogens with one attached hydrogen (secondary N) is 2. The summed E-state index contributed by atoms with van der Waals surface area (Å²) in [6.07, 6.45) is 0.792. The Hall–Kier alpha value is -2.89. The van der Waals surface area contributed by atoms with E-state index in [2.05, 4.69) is 15.6 Å². The zero-order chi connectivity index (χ0) is 19.5. The van der Waals surface area contributed by atoms with Crippen molar-refractivity contribution in [2.24, 2.45) is 4.99 Å². The summed E-state index contributed by atoms with van der Waals surface area (Å²) in [5, 5.41) is 6.06. The van der Waals surface area contributed by atoms with Crippen LogP contribution in [0.15, 0.2) is 59.6 Å². The molecule has 0 aliphatic rings. The van der Waals surface area contributed by atoms with E-state index in [1.165, 1.54) is 17.7 Å². The molecule has 5 nitrogen and oxygen atoms in total. The van der Waals surface area contributed by atoms with Crippen molar-refractivity contribution in [3.05, 3.63) is 71.5 Å². The number of halogens is 1. The maximum absolute atomic E-state index is 13.0. The lowest BCUT2D eigenvalue weighted by Crippen LogP contribution is -2.39. The Morgan fingerprint density at radius 2 is 1.74 bits per heavy atom. The second-order valence-corrected chi connectivity index (χ2v) is 6.24. The SMILES string of the molecule is CCNC(=NCC(=O)NCCc1ccccc1)N(C)Cc1ccc(F)cc1. The normalized spacial score (nSPS) is 11.1. The fourth-order valence-electron chi connectivity index (χ4n) is 2.60. The van der Waals surface area contributed by atoms with E-state index in [0.29, 0.717) is 25.6 Å². The van der Waals surface area contributed by atoms with Crippen molar-refractivity contribution in [2.75, 3.05) is 26.7 Å². The molecule has 0 radical (unpaired) electrons. The van der Waals surface area contributed by atoms with Crippen LogP contribution in [0, 0.1) is 5.82 Å². The molecule has 0 saturated carbocycles. The summed E-state index contributed by atoms with van der Waals surface area (Å²) in [6, 6.07) is 16.4. The molecule has 0 aromatic heterocycles. The van der Waals surface area contributed by atoms with Gasteiger partial charge < -0.3 is 15.5 Å². The quantitative estimate of drug-likeness (QED) is 0.555. The van der Waals surface area contributed by atoms with Gasteiger partial charge in [0, 0.05) is 26.7 Å². The van der Waals surface area contributed by atoms with Gasteiger partial charge in [-0.3, -0.25) is 4.79 Å². The lowest BCUT2D eigenvalue weighted by molar-refractivity contribution is -0.119. The Kier molecular flexibility index (Phi) is 8.29. The molecule has 0 fully saturated rings. The van der Waals surface area contributed by atoms with Crippen molar-refractivity contribution < 1.29 is 9.18 Å².